The van der Waals surface area contributed by atoms with E-state index in [9.17, 15) is 33.4 Å². The highest BCUT2D eigenvalue weighted by Crippen LogP contribution is 2.30. The minimum atomic E-state index is -1.64. The first-order chi connectivity index (χ1) is 14.2. The predicted molar refractivity (Wildman–Crippen MR) is 102 cm³/mol. The first-order valence-electron chi connectivity index (χ1n) is 8.39. The SMILES string of the molecule is Nc1[nH]c(=O)c(C(=O)O)c(-c2ccc(OCc3c(F)cccc3F)cc2)c1C(=O)O. The topological polar surface area (TPSA) is 143 Å². The summed E-state index contributed by atoms with van der Waals surface area (Å²) < 4.78 is 32.7. The van der Waals surface area contributed by atoms with E-state index < -0.39 is 52.7 Å². The maximum absolute atomic E-state index is 13.7. The third kappa shape index (κ3) is 3.83. The van der Waals surface area contributed by atoms with Crippen molar-refractivity contribution in [3.63, 3.8) is 0 Å². The van der Waals surface area contributed by atoms with E-state index >= 15 is 0 Å². The monoisotopic (exact) mass is 416 g/mol. The molecule has 2 aromatic carbocycles. The van der Waals surface area contributed by atoms with E-state index in [1.54, 1.807) is 0 Å². The molecule has 3 rings (SSSR count). The van der Waals surface area contributed by atoms with Gasteiger partial charge in [-0.2, -0.15) is 0 Å². The van der Waals surface area contributed by atoms with Crippen molar-refractivity contribution in [3.8, 4) is 16.9 Å². The van der Waals surface area contributed by atoms with E-state index in [1.165, 1.54) is 30.3 Å². The number of rotatable bonds is 6. The molecule has 3 aromatic rings. The van der Waals surface area contributed by atoms with Crippen molar-refractivity contribution in [2.24, 2.45) is 0 Å². The maximum Gasteiger partial charge on any atom is 0.342 e. The van der Waals surface area contributed by atoms with Gasteiger partial charge in [-0.1, -0.05) is 18.2 Å². The Kier molecular flexibility index (Phi) is 5.50. The molecule has 154 valence electrons. The predicted octanol–water partition coefficient (Wildman–Crippen LogP) is 2.88. The van der Waals surface area contributed by atoms with Gasteiger partial charge in [-0.05, 0) is 29.8 Å². The minimum absolute atomic E-state index is 0.0759. The molecule has 0 bridgehead atoms. The molecule has 0 fully saturated rings. The summed E-state index contributed by atoms with van der Waals surface area (Å²) in [6.45, 7) is -0.406. The number of aromatic carboxylic acids is 2. The summed E-state index contributed by atoms with van der Waals surface area (Å²) in [7, 11) is 0. The molecule has 8 nitrogen and oxygen atoms in total. The second kappa shape index (κ2) is 8.03. The van der Waals surface area contributed by atoms with Crippen LogP contribution in [0.2, 0.25) is 0 Å². The molecule has 1 aromatic heterocycles. The van der Waals surface area contributed by atoms with Crippen LogP contribution in [0.4, 0.5) is 14.6 Å². The van der Waals surface area contributed by atoms with Crippen LogP contribution in [0.1, 0.15) is 26.3 Å². The molecule has 0 saturated carbocycles. The van der Waals surface area contributed by atoms with Crippen molar-refractivity contribution < 1.29 is 33.3 Å². The minimum Gasteiger partial charge on any atom is -0.489 e. The maximum atomic E-state index is 13.7. The number of benzene rings is 2. The van der Waals surface area contributed by atoms with Gasteiger partial charge in [0.25, 0.3) is 5.56 Å². The van der Waals surface area contributed by atoms with Crippen LogP contribution in [0.15, 0.2) is 47.3 Å². The van der Waals surface area contributed by atoms with Gasteiger partial charge in [-0.25, -0.2) is 18.4 Å². The zero-order chi connectivity index (χ0) is 22.0. The fraction of sp³-hybridized carbons (Fsp3) is 0.0500. The van der Waals surface area contributed by atoms with E-state index in [0.29, 0.717) is 0 Å². The van der Waals surface area contributed by atoms with Gasteiger partial charge in [-0.15, -0.1) is 0 Å². The fourth-order valence-electron chi connectivity index (χ4n) is 2.88. The number of aromatic nitrogens is 1. The molecule has 0 unspecified atom stereocenters. The lowest BCUT2D eigenvalue weighted by molar-refractivity contribution is 0.0695. The number of aromatic amines is 1. The third-order valence-electron chi connectivity index (χ3n) is 4.26. The Morgan fingerprint density at radius 3 is 2.07 bits per heavy atom. The number of hydrogen-bond acceptors (Lipinski definition) is 5. The molecule has 0 aliphatic rings. The van der Waals surface area contributed by atoms with Gasteiger partial charge in [0.05, 0.1) is 5.56 Å². The lowest BCUT2D eigenvalue weighted by Gasteiger charge is -2.13. The number of carboxylic acid groups (broad SMARTS) is 2. The Balaban J connectivity index is 2.00. The quantitative estimate of drug-likeness (QED) is 0.484. The molecule has 0 amide bonds. The molecule has 0 aliphatic carbocycles. The molecule has 1 heterocycles. The third-order valence-corrected chi connectivity index (χ3v) is 4.26. The number of pyridine rings is 1. The van der Waals surface area contributed by atoms with Crippen molar-refractivity contribution in [2.45, 2.75) is 6.61 Å². The van der Waals surface area contributed by atoms with Crippen LogP contribution in [-0.2, 0) is 6.61 Å². The molecule has 0 spiro atoms. The standard InChI is InChI=1S/C20H14F2N2O6/c21-12-2-1-3-13(22)11(12)8-30-10-6-4-9(5-7-10)14-15(19(26)27)17(23)24-18(25)16(14)20(28)29/h1-7H,8H2,(H,26,27)(H,28,29)(H3,23,24,25). The second-order valence-corrected chi connectivity index (χ2v) is 6.12. The number of carboxylic acids is 2. The number of ether oxygens (including phenoxy) is 1. The Morgan fingerprint density at radius 2 is 1.53 bits per heavy atom. The van der Waals surface area contributed by atoms with Crippen LogP contribution in [0.25, 0.3) is 11.1 Å². The number of anilines is 1. The number of halogens is 2. The van der Waals surface area contributed by atoms with E-state index in [1.807, 2.05) is 4.98 Å². The average Bonchev–Trinajstić information content (AvgIpc) is 2.66. The van der Waals surface area contributed by atoms with Gasteiger partial charge in [-0.3, -0.25) is 4.79 Å². The highest BCUT2D eigenvalue weighted by molar-refractivity contribution is 6.07. The van der Waals surface area contributed by atoms with E-state index in [-0.39, 0.29) is 22.4 Å². The van der Waals surface area contributed by atoms with E-state index in [4.69, 9.17) is 10.5 Å². The molecule has 0 radical (unpaired) electrons. The Bertz CT molecular complexity index is 1180. The summed E-state index contributed by atoms with van der Waals surface area (Å²) in [5.74, 6) is -5.04. The lowest BCUT2D eigenvalue weighted by atomic mass is 9.95. The fourth-order valence-corrected chi connectivity index (χ4v) is 2.88. The molecular weight excluding hydrogens is 402 g/mol. The number of nitrogens with two attached hydrogens (primary N) is 1. The summed E-state index contributed by atoms with van der Waals surface area (Å²) in [6, 6.07) is 8.67. The number of nitrogens with one attached hydrogen (secondary N) is 1. The molecule has 0 atom stereocenters. The Labute approximate surface area is 167 Å². The first kappa shape index (κ1) is 20.5. The van der Waals surface area contributed by atoms with Crippen molar-refractivity contribution in [2.75, 3.05) is 5.73 Å². The largest absolute Gasteiger partial charge is 0.489 e. The highest BCUT2D eigenvalue weighted by atomic mass is 19.1. The highest BCUT2D eigenvalue weighted by Gasteiger charge is 2.26. The smallest absolute Gasteiger partial charge is 0.342 e. The Hall–Kier alpha value is -4.21. The van der Waals surface area contributed by atoms with Gasteiger partial charge in [0.15, 0.2) is 0 Å². The molecule has 5 N–H and O–H groups in total. The van der Waals surface area contributed by atoms with Gasteiger partial charge < -0.3 is 25.7 Å². The normalized spacial score (nSPS) is 10.6. The van der Waals surface area contributed by atoms with Gasteiger partial charge in [0.1, 0.15) is 40.9 Å². The second-order valence-electron chi connectivity index (χ2n) is 6.12. The van der Waals surface area contributed by atoms with Crippen LogP contribution in [0.5, 0.6) is 5.75 Å². The van der Waals surface area contributed by atoms with Gasteiger partial charge >= 0.3 is 11.9 Å². The summed E-state index contributed by atoms with van der Waals surface area (Å²) in [5, 5.41) is 18.8. The van der Waals surface area contributed by atoms with Crippen LogP contribution in [0.3, 0.4) is 0 Å². The van der Waals surface area contributed by atoms with E-state index in [0.717, 1.165) is 12.1 Å². The van der Waals surface area contributed by atoms with Gasteiger partial charge in [0.2, 0.25) is 0 Å². The van der Waals surface area contributed by atoms with Crippen LogP contribution in [-0.4, -0.2) is 27.1 Å². The van der Waals surface area contributed by atoms with Crippen molar-refractivity contribution in [1.82, 2.24) is 4.98 Å². The summed E-state index contributed by atoms with van der Waals surface area (Å²) >= 11 is 0. The zero-order valence-corrected chi connectivity index (χ0v) is 15.1. The van der Waals surface area contributed by atoms with Crippen molar-refractivity contribution >= 4 is 17.8 Å². The number of H-pyrrole nitrogens is 1. The molecule has 0 saturated heterocycles. The van der Waals surface area contributed by atoms with Crippen molar-refractivity contribution in [3.05, 3.63) is 81.1 Å². The number of hydrogen-bond donors (Lipinski definition) is 4. The first-order valence-corrected chi connectivity index (χ1v) is 8.39. The molecule has 30 heavy (non-hydrogen) atoms. The van der Waals surface area contributed by atoms with Crippen LogP contribution < -0.4 is 16.0 Å². The number of carbonyl (C=O) groups is 2. The number of nitrogen functional groups attached to an aromatic ring is 1. The average molecular weight is 416 g/mol. The van der Waals surface area contributed by atoms with Crippen LogP contribution >= 0.6 is 0 Å². The summed E-state index contributed by atoms with van der Waals surface area (Å²) in [5.41, 5.74) is 2.58. The lowest BCUT2D eigenvalue weighted by Crippen LogP contribution is -2.24. The Morgan fingerprint density at radius 1 is 0.967 bits per heavy atom. The zero-order valence-electron chi connectivity index (χ0n) is 15.1. The summed E-state index contributed by atoms with van der Waals surface area (Å²) in [6.07, 6.45) is 0. The molecule has 10 heteroatoms. The van der Waals surface area contributed by atoms with Gasteiger partial charge in [0, 0.05) is 5.56 Å². The molecular formula is C20H14F2N2O6. The van der Waals surface area contributed by atoms with E-state index in [2.05, 4.69) is 0 Å². The van der Waals surface area contributed by atoms with Crippen LogP contribution in [0, 0.1) is 11.6 Å². The van der Waals surface area contributed by atoms with Crippen molar-refractivity contribution in [1.29, 1.82) is 0 Å². The summed E-state index contributed by atoms with van der Waals surface area (Å²) in [4.78, 5) is 37.2. The molecule has 0 aliphatic heterocycles.